The molecule has 0 aliphatic heterocycles. The minimum Gasteiger partial charge on any atom is -0.478 e. The molecular weight excluding hydrogens is 190 g/mol. The average molecular weight is 196 g/mol. The number of para-hydroxylation sites is 1. The highest BCUT2D eigenvalue weighted by atomic mass is 35.5. The van der Waals surface area contributed by atoms with Crippen LogP contribution in [0.4, 0.5) is 0 Å². The summed E-state index contributed by atoms with van der Waals surface area (Å²) in [7, 11) is 0. The highest BCUT2D eigenvalue weighted by Crippen LogP contribution is 2.25. The van der Waals surface area contributed by atoms with Gasteiger partial charge < -0.3 is 10.1 Å². The lowest BCUT2D eigenvalue weighted by molar-refractivity contribution is 0.0699. The molecule has 2 aromatic rings. The van der Waals surface area contributed by atoms with Gasteiger partial charge in [-0.3, -0.25) is 0 Å². The molecule has 4 heteroatoms. The molecule has 0 unspecified atom stereocenters. The van der Waals surface area contributed by atoms with Gasteiger partial charge in [-0.1, -0.05) is 23.7 Å². The lowest BCUT2D eigenvalue weighted by Gasteiger charge is -1.95. The van der Waals surface area contributed by atoms with Crippen LogP contribution >= 0.6 is 11.6 Å². The predicted molar refractivity (Wildman–Crippen MR) is 50.3 cm³/mol. The summed E-state index contributed by atoms with van der Waals surface area (Å²) in [4.78, 5) is 13.6. The molecule has 0 bridgehead atoms. The first-order chi connectivity index (χ1) is 6.20. The molecule has 0 spiro atoms. The van der Waals surface area contributed by atoms with Gasteiger partial charge in [0, 0.05) is 11.6 Å². The summed E-state index contributed by atoms with van der Waals surface area (Å²) in [5.41, 5.74) is 0.810. The summed E-state index contributed by atoms with van der Waals surface area (Å²) >= 11 is 5.83. The van der Waals surface area contributed by atoms with Crippen LogP contribution in [0.3, 0.4) is 0 Å². The van der Waals surface area contributed by atoms with E-state index < -0.39 is 5.97 Å². The SMILES string of the molecule is O=C(O)c1cccc2c(Cl)c[nH]c12. The number of rotatable bonds is 1. The number of benzene rings is 1. The van der Waals surface area contributed by atoms with Gasteiger partial charge in [-0.25, -0.2) is 4.79 Å². The van der Waals surface area contributed by atoms with Crippen LogP contribution in [-0.4, -0.2) is 16.1 Å². The Morgan fingerprint density at radius 1 is 1.46 bits per heavy atom. The maximum atomic E-state index is 10.8. The Bertz CT molecular complexity index is 475. The molecule has 2 rings (SSSR count). The largest absolute Gasteiger partial charge is 0.478 e. The first kappa shape index (κ1) is 8.13. The third-order valence-corrected chi connectivity index (χ3v) is 2.21. The molecule has 0 saturated heterocycles. The van der Waals surface area contributed by atoms with E-state index in [1.54, 1.807) is 18.3 Å². The zero-order chi connectivity index (χ0) is 9.42. The minimum absolute atomic E-state index is 0.240. The Balaban J connectivity index is 2.84. The van der Waals surface area contributed by atoms with Gasteiger partial charge in [0.15, 0.2) is 0 Å². The third-order valence-electron chi connectivity index (χ3n) is 1.90. The smallest absolute Gasteiger partial charge is 0.337 e. The van der Waals surface area contributed by atoms with Gasteiger partial charge in [0.1, 0.15) is 0 Å². The summed E-state index contributed by atoms with van der Waals surface area (Å²) in [6.07, 6.45) is 1.58. The summed E-state index contributed by atoms with van der Waals surface area (Å²) in [6, 6.07) is 4.99. The van der Waals surface area contributed by atoms with Gasteiger partial charge in [0.2, 0.25) is 0 Å². The Morgan fingerprint density at radius 3 is 2.92 bits per heavy atom. The van der Waals surface area contributed by atoms with E-state index in [1.165, 1.54) is 6.07 Å². The molecule has 0 aliphatic rings. The zero-order valence-corrected chi connectivity index (χ0v) is 7.30. The standard InChI is InChI=1S/C9H6ClNO2/c10-7-4-11-8-5(7)2-1-3-6(8)9(12)13/h1-4,11H,(H,12,13). The maximum absolute atomic E-state index is 10.8. The zero-order valence-electron chi connectivity index (χ0n) is 6.54. The van der Waals surface area contributed by atoms with E-state index in [-0.39, 0.29) is 5.56 Å². The highest BCUT2D eigenvalue weighted by molar-refractivity contribution is 6.36. The minimum atomic E-state index is -0.955. The Labute approximate surface area is 78.9 Å². The predicted octanol–water partition coefficient (Wildman–Crippen LogP) is 2.52. The molecule has 0 amide bonds. The fourth-order valence-corrected chi connectivity index (χ4v) is 1.51. The maximum Gasteiger partial charge on any atom is 0.337 e. The van der Waals surface area contributed by atoms with Crippen molar-refractivity contribution in [1.82, 2.24) is 4.98 Å². The number of halogens is 1. The molecule has 13 heavy (non-hydrogen) atoms. The first-order valence-electron chi connectivity index (χ1n) is 3.69. The highest BCUT2D eigenvalue weighted by Gasteiger charge is 2.10. The van der Waals surface area contributed by atoms with Crippen LogP contribution < -0.4 is 0 Å². The lowest BCUT2D eigenvalue weighted by atomic mass is 10.1. The van der Waals surface area contributed by atoms with Crippen molar-refractivity contribution in [2.75, 3.05) is 0 Å². The quantitative estimate of drug-likeness (QED) is 0.735. The average Bonchev–Trinajstić information content (AvgIpc) is 2.48. The van der Waals surface area contributed by atoms with Gasteiger partial charge in [-0.15, -0.1) is 0 Å². The number of aromatic carboxylic acids is 1. The van der Waals surface area contributed by atoms with Crippen LogP contribution in [0.15, 0.2) is 24.4 Å². The number of fused-ring (bicyclic) bond motifs is 1. The van der Waals surface area contributed by atoms with Crippen molar-refractivity contribution < 1.29 is 9.90 Å². The number of carboxylic acids is 1. The van der Waals surface area contributed by atoms with Gasteiger partial charge in [0.25, 0.3) is 0 Å². The van der Waals surface area contributed by atoms with E-state index in [0.29, 0.717) is 10.5 Å². The van der Waals surface area contributed by atoms with E-state index in [1.807, 2.05) is 0 Å². The molecule has 0 aliphatic carbocycles. The van der Waals surface area contributed by atoms with E-state index >= 15 is 0 Å². The fourth-order valence-electron chi connectivity index (χ4n) is 1.30. The van der Waals surface area contributed by atoms with Crippen molar-refractivity contribution in [2.45, 2.75) is 0 Å². The normalized spacial score (nSPS) is 10.5. The van der Waals surface area contributed by atoms with Crippen molar-refractivity contribution in [1.29, 1.82) is 0 Å². The van der Waals surface area contributed by atoms with E-state index in [2.05, 4.69) is 4.98 Å². The van der Waals surface area contributed by atoms with Crippen molar-refractivity contribution in [2.24, 2.45) is 0 Å². The number of carbonyl (C=O) groups is 1. The Kier molecular flexibility index (Phi) is 1.74. The van der Waals surface area contributed by atoms with Crippen LogP contribution in [0.1, 0.15) is 10.4 Å². The summed E-state index contributed by atoms with van der Waals surface area (Å²) in [6.45, 7) is 0. The van der Waals surface area contributed by atoms with Gasteiger partial charge in [-0.2, -0.15) is 0 Å². The molecule has 1 aromatic carbocycles. The van der Waals surface area contributed by atoms with Crippen LogP contribution in [0.2, 0.25) is 5.02 Å². The molecular formula is C9H6ClNO2. The second-order valence-electron chi connectivity index (χ2n) is 2.67. The summed E-state index contributed by atoms with van der Waals surface area (Å²) < 4.78 is 0. The third kappa shape index (κ3) is 1.17. The Morgan fingerprint density at radius 2 is 2.23 bits per heavy atom. The van der Waals surface area contributed by atoms with Crippen LogP contribution in [0.25, 0.3) is 10.9 Å². The molecule has 0 radical (unpaired) electrons. The van der Waals surface area contributed by atoms with E-state index in [4.69, 9.17) is 16.7 Å². The number of hydrogen-bond donors (Lipinski definition) is 2. The number of aromatic nitrogens is 1. The molecule has 0 fully saturated rings. The molecule has 1 heterocycles. The monoisotopic (exact) mass is 195 g/mol. The second-order valence-corrected chi connectivity index (χ2v) is 3.08. The van der Waals surface area contributed by atoms with Crippen molar-refractivity contribution in [3.8, 4) is 0 Å². The molecule has 0 atom stereocenters. The van der Waals surface area contributed by atoms with Crippen molar-refractivity contribution in [3.63, 3.8) is 0 Å². The lowest BCUT2D eigenvalue weighted by Crippen LogP contribution is -1.96. The number of carboxylic acid groups (broad SMARTS) is 1. The number of H-pyrrole nitrogens is 1. The molecule has 3 nitrogen and oxygen atoms in total. The van der Waals surface area contributed by atoms with Gasteiger partial charge >= 0.3 is 5.97 Å². The summed E-state index contributed by atoms with van der Waals surface area (Å²) in [5.74, 6) is -0.955. The van der Waals surface area contributed by atoms with Crippen LogP contribution in [0, 0.1) is 0 Å². The molecule has 1 aromatic heterocycles. The van der Waals surface area contributed by atoms with Crippen molar-refractivity contribution >= 4 is 28.5 Å². The van der Waals surface area contributed by atoms with Crippen LogP contribution in [0.5, 0.6) is 0 Å². The topological polar surface area (TPSA) is 53.1 Å². The molecule has 66 valence electrons. The van der Waals surface area contributed by atoms with Crippen molar-refractivity contribution in [3.05, 3.63) is 35.0 Å². The number of aromatic amines is 1. The molecule has 0 saturated carbocycles. The fraction of sp³-hybridized carbons (Fsp3) is 0. The van der Waals surface area contributed by atoms with E-state index in [9.17, 15) is 4.79 Å². The number of nitrogens with one attached hydrogen (secondary N) is 1. The molecule has 2 N–H and O–H groups in total. The second kappa shape index (κ2) is 2.78. The first-order valence-corrected chi connectivity index (χ1v) is 4.07. The number of hydrogen-bond acceptors (Lipinski definition) is 1. The Hall–Kier alpha value is -1.48. The van der Waals surface area contributed by atoms with Gasteiger partial charge in [-0.05, 0) is 6.07 Å². The van der Waals surface area contributed by atoms with Crippen LogP contribution in [-0.2, 0) is 0 Å². The summed E-state index contributed by atoms with van der Waals surface area (Å²) in [5, 5.41) is 10.1. The van der Waals surface area contributed by atoms with E-state index in [0.717, 1.165) is 5.39 Å². The van der Waals surface area contributed by atoms with Gasteiger partial charge in [0.05, 0.1) is 16.1 Å².